The number of primary amides is 1. The van der Waals surface area contributed by atoms with Crippen LogP contribution in [0.4, 0.5) is 5.69 Å². The summed E-state index contributed by atoms with van der Waals surface area (Å²) in [6.07, 6.45) is 1.49. The van der Waals surface area contributed by atoms with Crippen LogP contribution in [0, 0.1) is 0 Å². The van der Waals surface area contributed by atoms with Gasteiger partial charge in [-0.3, -0.25) is 14.3 Å². The van der Waals surface area contributed by atoms with E-state index in [1.807, 2.05) is 0 Å². The third kappa shape index (κ3) is 2.85. The summed E-state index contributed by atoms with van der Waals surface area (Å²) >= 11 is 0. The van der Waals surface area contributed by atoms with Gasteiger partial charge in [0.2, 0.25) is 0 Å². The Bertz CT molecular complexity index is 724. The molecule has 0 fully saturated rings. The molecule has 0 aliphatic carbocycles. The first-order chi connectivity index (χ1) is 10.5. The molecule has 1 aromatic heterocycles. The molecule has 8 heteroatoms. The Hall–Kier alpha value is -3.03. The molecule has 2 amide bonds. The summed E-state index contributed by atoms with van der Waals surface area (Å²) in [5.74, 6) is -0.469. The van der Waals surface area contributed by atoms with E-state index in [9.17, 15) is 9.59 Å². The van der Waals surface area contributed by atoms with E-state index >= 15 is 0 Å². The molecule has 22 heavy (non-hydrogen) atoms. The fraction of sp³-hybridized carbons (Fsp3) is 0.214. The van der Waals surface area contributed by atoms with E-state index in [-0.39, 0.29) is 16.9 Å². The quantitative estimate of drug-likeness (QED) is 0.849. The van der Waals surface area contributed by atoms with Gasteiger partial charge in [0.25, 0.3) is 11.8 Å². The van der Waals surface area contributed by atoms with Crippen LogP contribution in [0.25, 0.3) is 0 Å². The Labute approximate surface area is 126 Å². The molecule has 0 radical (unpaired) electrons. The molecule has 1 heterocycles. The summed E-state index contributed by atoms with van der Waals surface area (Å²) in [5.41, 5.74) is 5.71. The van der Waals surface area contributed by atoms with Crippen molar-refractivity contribution in [2.24, 2.45) is 12.8 Å². The number of aryl methyl sites for hydroxylation is 1. The number of nitrogens with one attached hydrogen (secondary N) is 1. The number of anilines is 1. The van der Waals surface area contributed by atoms with Gasteiger partial charge < -0.3 is 20.5 Å². The lowest BCUT2D eigenvalue weighted by molar-refractivity contribution is 0.0995. The van der Waals surface area contributed by atoms with Crippen molar-refractivity contribution in [2.45, 2.75) is 0 Å². The van der Waals surface area contributed by atoms with E-state index in [1.54, 1.807) is 25.2 Å². The number of para-hydroxylation sites is 1. The summed E-state index contributed by atoms with van der Waals surface area (Å²) in [5, 5.41) is 6.50. The van der Waals surface area contributed by atoms with Crippen LogP contribution in [-0.2, 0) is 7.05 Å². The number of rotatable bonds is 5. The molecular formula is C14H16N4O4. The van der Waals surface area contributed by atoms with Gasteiger partial charge in [0.1, 0.15) is 0 Å². The Morgan fingerprint density at radius 1 is 1.27 bits per heavy atom. The molecule has 1 aromatic carbocycles. The minimum atomic E-state index is -0.728. The molecule has 0 spiro atoms. The number of methoxy groups -OCH3 is 2. The maximum absolute atomic E-state index is 12.4. The largest absolute Gasteiger partial charge is 0.493 e. The van der Waals surface area contributed by atoms with Crippen LogP contribution >= 0.6 is 0 Å². The molecule has 8 nitrogen and oxygen atoms in total. The number of benzene rings is 1. The number of aromatic nitrogens is 2. The molecule has 2 aromatic rings. The smallest absolute Gasteiger partial charge is 0.271 e. The van der Waals surface area contributed by atoms with Gasteiger partial charge in [-0.2, -0.15) is 5.10 Å². The van der Waals surface area contributed by atoms with E-state index < -0.39 is 11.8 Å². The molecule has 2 rings (SSSR count). The molecule has 0 atom stereocenters. The number of ether oxygens (including phenoxy) is 2. The van der Waals surface area contributed by atoms with Gasteiger partial charge in [-0.1, -0.05) is 6.07 Å². The maximum atomic E-state index is 12.4. The van der Waals surface area contributed by atoms with Gasteiger partial charge in [-0.25, -0.2) is 0 Å². The standard InChI is InChI=1S/C14H16N4O4/c1-18-7-9(11(17-18)13(15)19)16-14(20)8-5-4-6-10(21-2)12(8)22-3/h4-7H,1-3H3,(H2,15,19)(H,16,20). The van der Waals surface area contributed by atoms with Gasteiger partial charge in [0, 0.05) is 13.2 Å². The van der Waals surface area contributed by atoms with E-state index in [0.717, 1.165) is 0 Å². The fourth-order valence-electron chi connectivity index (χ4n) is 2.02. The second-order valence-electron chi connectivity index (χ2n) is 4.42. The highest BCUT2D eigenvalue weighted by Gasteiger charge is 2.20. The SMILES string of the molecule is COc1cccc(C(=O)Nc2cn(C)nc2C(N)=O)c1OC. The van der Waals surface area contributed by atoms with Crippen molar-refractivity contribution in [3.8, 4) is 11.5 Å². The minimum absolute atomic E-state index is 0.0160. The van der Waals surface area contributed by atoms with Crippen molar-refractivity contribution in [3.05, 3.63) is 35.7 Å². The molecule has 0 aliphatic rings. The Morgan fingerprint density at radius 2 is 2.00 bits per heavy atom. The minimum Gasteiger partial charge on any atom is -0.493 e. The predicted molar refractivity (Wildman–Crippen MR) is 79.2 cm³/mol. The number of nitrogens with two attached hydrogens (primary N) is 1. The number of carbonyl (C=O) groups is 2. The zero-order valence-corrected chi connectivity index (χ0v) is 12.4. The van der Waals surface area contributed by atoms with Crippen LogP contribution in [0.1, 0.15) is 20.8 Å². The lowest BCUT2D eigenvalue weighted by atomic mass is 10.1. The van der Waals surface area contributed by atoms with Gasteiger partial charge in [-0.05, 0) is 12.1 Å². The third-order valence-corrected chi connectivity index (χ3v) is 2.96. The van der Waals surface area contributed by atoms with Crippen LogP contribution in [0.2, 0.25) is 0 Å². The van der Waals surface area contributed by atoms with E-state index in [2.05, 4.69) is 10.4 Å². The number of hydrogen-bond acceptors (Lipinski definition) is 5. The molecule has 0 bridgehead atoms. The van der Waals surface area contributed by atoms with Crippen LogP contribution in [0.15, 0.2) is 24.4 Å². The second-order valence-corrected chi connectivity index (χ2v) is 4.42. The second kappa shape index (κ2) is 6.17. The van der Waals surface area contributed by atoms with Crippen molar-refractivity contribution in [3.63, 3.8) is 0 Å². The number of hydrogen-bond donors (Lipinski definition) is 2. The third-order valence-electron chi connectivity index (χ3n) is 2.96. The first-order valence-corrected chi connectivity index (χ1v) is 6.33. The molecular weight excluding hydrogens is 288 g/mol. The zero-order valence-electron chi connectivity index (χ0n) is 12.4. The van der Waals surface area contributed by atoms with Gasteiger partial charge in [0.05, 0.1) is 25.5 Å². The lowest BCUT2D eigenvalue weighted by Gasteiger charge is -2.12. The Kier molecular flexibility index (Phi) is 4.31. The van der Waals surface area contributed by atoms with E-state index in [0.29, 0.717) is 11.5 Å². The summed E-state index contributed by atoms with van der Waals surface area (Å²) in [6.45, 7) is 0. The number of amides is 2. The molecule has 0 unspecified atom stereocenters. The molecule has 3 N–H and O–H groups in total. The molecule has 0 saturated carbocycles. The predicted octanol–water partition coefficient (Wildman–Crippen LogP) is 0.788. The molecule has 116 valence electrons. The highest BCUT2D eigenvalue weighted by molar-refractivity contribution is 6.09. The van der Waals surface area contributed by atoms with Crippen LogP contribution in [-0.4, -0.2) is 35.8 Å². The van der Waals surface area contributed by atoms with Crippen LogP contribution < -0.4 is 20.5 Å². The van der Waals surface area contributed by atoms with E-state index in [4.69, 9.17) is 15.2 Å². The monoisotopic (exact) mass is 304 g/mol. The fourth-order valence-corrected chi connectivity index (χ4v) is 2.02. The normalized spacial score (nSPS) is 10.1. The van der Waals surface area contributed by atoms with Crippen molar-refractivity contribution in [1.29, 1.82) is 0 Å². The van der Waals surface area contributed by atoms with E-state index in [1.165, 1.54) is 25.1 Å². The average Bonchev–Trinajstić information content (AvgIpc) is 2.86. The van der Waals surface area contributed by atoms with Gasteiger partial charge in [-0.15, -0.1) is 0 Å². The lowest BCUT2D eigenvalue weighted by Crippen LogP contribution is -2.18. The Balaban J connectivity index is 2.36. The summed E-state index contributed by atoms with van der Waals surface area (Å²) in [6, 6.07) is 4.92. The van der Waals surface area contributed by atoms with Gasteiger partial charge in [0.15, 0.2) is 17.2 Å². The number of carbonyl (C=O) groups excluding carboxylic acids is 2. The highest BCUT2D eigenvalue weighted by Crippen LogP contribution is 2.31. The summed E-state index contributed by atoms with van der Waals surface area (Å²) in [7, 11) is 4.54. The number of nitrogens with zero attached hydrogens (tertiary/aromatic N) is 2. The summed E-state index contributed by atoms with van der Waals surface area (Å²) in [4.78, 5) is 23.7. The first-order valence-electron chi connectivity index (χ1n) is 6.33. The van der Waals surface area contributed by atoms with Crippen molar-refractivity contribution >= 4 is 17.5 Å². The molecule has 0 aliphatic heterocycles. The maximum Gasteiger partial charge on any atom is 0.271 e. The van der Waals surface area contributed by atoms with Crippen molar-refractivity contribution in [2.75, 3.05) is 19.5 Å². The highest BCUT2D eigenvalue weighted by atomic mass is 16.5. The topological polar surface area (TPSA) is 108 Å². The Morgan fingerprint density at radius 3 is 2.59 bits per heavy atom. The first kappa shape index (κ1) is 15.4. The van der Waals surface area contributed by atoms with Crippen molar-refractivity contribution < 1.29 is 19.1 Å². The van der Waals surface area contributed by atoms with Gasteiger partial charge >= 0.3 is 0 Å². The average molecular weight is 304 g/mol. The summed E-state index contributed by atoms with van der Waals surface area (Å²) < 4.78 is 11.7. The van der Waals surface area contributed by atoms with Crippen molar-refractivity contribution in [1.82, 2.24) is 9.78 Å². The molecule has 0 saturated heterocycles. The van der Waals surface area contributed by atoms with Crippen LogP contribution in [0.5, 0.6) is 11.5 Å². The zero-order chi connectivity index (χ0) is 16.3. The van der Waals surface area contributed by atoms with Crippen LogP contribution in [0.3, 0.4) is 0 Å².